The first kappa shape index (κ1) is 10.3. The van der Waals surface area contributed by atoms with Gasteiger partial charge in [-0.1, -0.05) is 0 Å². The number of aromatic nitrogens is 1. The van der Waals surface area contributed by atoms with E-state index >= 15 is 0 Å². The van der Waals surface area contributed by atoms with Crippen LogP contribution in [0.2, 0.25) is 0 Å². The number of carbonyl (C=O) groups is 1. The van der Waals surface area contributed by atoms with E-state index in [1.807, 2.05) is 6.07 Å². The number of hydrogen-bond acceptors (Lipinski definition) is 4. The van der Waals surface area contributed by atoms with Crippen LogP contribution >= 0.6 is 0 Å². The van der Waals surface area contributed by atoms with Gasteiger partial charge in [-0.25, -0.2) is 0 Å². The summed E-state index contributed by atoms with van der Waals surface area (Å²) < 4.78 is 4.92. The number of nitrogens with zero attached hydrogens (tertiary/aromatic N) is 2. The molecule has 0 fully saturated rings. The molecule has 1 aromatic heterocycles. The summed E-state index contributed by atoms with van der Waals surface area (Å²) in [5.41, 5.74) is -0.405. The van der Waals surface area contributed by atoms with Gasteiger partial charge in [-0.3, -0.25) is 10.1 Å². The number of anilines is 1. The van der Waals surface area contributed by atoms with E-state index in [1.54, 1.807) is 6.92 Å². The van der Waals surface area contributed by atoms with Crippen LogP contribution in [0.1, 0.15) is 19.5 Å². The van der Waals surface area contributed by atoms with Gasteiger partial charge in [0.2, 0.25) is 5.91 Å². The quantitative estimate of drug-likeness (QED) is 0.771. The fourth-order valence-electron chi connectivity index (χ4n) is 0.716. The van der Waals surface area contributed by atoms with Gasteiger partial charge >= 0.3 is 6.01 Å². The molecule has 5 heteroatoms. The maximum Gasteiger partial charge on any atom is 0.301 e. The molecule has 0 unspecified atom stereocenters. The summed E-state index contributed by atoms with van der Waals surface area (Å²) in [6, 6.07) is 2.01. The van der Waals surface area contributed by atoms with Gasteiger partial charge in [0.05, 0.1) is 11.8 Å². The molecule has 1 aromatic rings. The SMILES string of the molecule is Cc1coc(NC(=O)C(C)(C)C#N)n1. The Morgan fingerprint density at radius 3 is 2.79 bits per heavy atom. The fraction of sp³-hybridized carbons (Fsp3) is 0.444. The van der Waals surface area contributed by atoms with Crippen molar-refractivity contribution >= 4 is 11.9 Å². The first-order chi connectivity index (χ1) is 6.45. The standard InChI is InChI=1S/C9H11N3O2/c1-6-4-14-8(11-6)12-7(13)9(2,3)5-10/h4H,1-3H3,(H,11,12,13). The van der Waals surface area contributed by atoms with Gasteiger partial charge in [0.25, 0.3) is 0 Å². The lowest BCUT2D eigenvalue weighted by atomic mass is 9.95. The number of amides is 1. The van der Waals surface area contributed by atoms with Crippen molar-refractivity contribution in [2.75, 3.05) is 5.32 Å². The molecule has 1 rings (SSSR count). The molecule has 0 radical (unpaired) electrons. The second-order valence-electron chi connectivity index (χ2n) is 3.48. The molecular formula is C9H11N3O2. The Bertz CT molecular complexity index is 387. The molecule has 1 amide bonds. The van der Waals surface area contributed by atoms with Crippen LogP contribution in [0.3, 0.4) is 0 Å². The molecule has 0 aliphatic rings. The summed E-state index contributed by atoms with van der Waals surface area (Å²) >= 11 is 0. The van der Waals surface area contributed by atoms with Crippen molar-refractivity contribution in [2.24, 2.45) is 5.41 Å². The van der Waals surface area contributed by atoms with Gasteiger partial charge in [-0.05, 0) is 20.8 Å². The molecule has 0 aliphatic carbocycles. The Morgan fingerprint density at radius 1 is 1.71 bits per heavy atom. The zero-order valence-electron chi connectivity index (χ0n) is 8.29. The maximum absolute atomic E-state index is 11.4. The molecule has 0 aliphatic heterocycles. The predicted molar refractivity (Wildman–Crippen MR) is 49.3 cm³/mol. The number of nitrogens with one attached hydrogen (secondary N) is 1. The maximum atomic E-state index is 11.4. The van der Waals surface area contributed by atoms with Crippen LogP contribution in [0.15, 0.2) is 10.7 Å². The van der Waals surface area contributed by atoms with Gasteiger partial charge in [-0.2, -0.15) is 10.2 Å². The van der Waals surface area contributed by atoms with Crippen molar-refractivity contribution in [2.45, 2.75) is 20.8 Å². The van der Waals surface area contributed by atoms with E-state index in [9.17, 15) is 4.79 Å². The lowest BCUT2D eigenvalue weighted by molar-refractivity contribution is -0.121. The Kier molecular flexibility index (Phi) is 2.56. The van der Waals surface area contributed by atoms with Gasteiger partial charge in [-0.15, -0.1) is 0 Å². The van der Waals surface area contributed by atoms with Crippen molar-refractivity contribution in [3.63, 3.8) is 0 Å². The molecule has 14 heavy (non-hydrogen) atoms. The minimum absolute atomic E-state index is 0.121. The predicted octanol–water partition coefficient (Wildman–Crippen LogP) is 1.47. The number of aryl methyl sites for hydroxylation is 1. The van der Waals surface area contributed by atoms with Crippen molar-refractivity contribution in [3.05, 3.63) is 12.0 Å². The second kappa shape index (κ2) is 3.50. The normalized spacial score (nSPS) is 10.7. The van der Waals surface area contributed by atoms with Crippen molar-refractivity contribution in [1.82, 2.24) is 4.98 Å². The molecule has 0 bridgehead atoms. The van der Waals surface area contributed by atoms with E-state index in [0.717, 1.165) is 0 Å². The lowest BCUT2D eigenvalue weighted by Gasteiger charge is -2.12. The smallest absolute Gasteiger partial charge is 0.301 e. The third-order valence-electron chi connectivity index (χ3n) is 1.69. The van der Waals surface area contributed by atoms with E-state index in [1.165, 1.54) is 20.1 Å². The summed E-state index contributed by atoms with van der Waals surface area (Å²) in [7, 11) is 0. The van der Waals surface area contributed by atoms with Crippen LogP contribution in [0.5, 0.6) is 0 Å². The van der Waals surface area contributed by atoms with Crippen LogP contribution in [-0.2, 0) is 4.79 Å². The number of nitriles is 1. The summed E-state index contributed by atoms with van der Waals surface area (Å²) in [6.45, 7) is 4.80. The Morgan fingerprint density at radius 2 is 2.36 bits per heavy atom. The molecule has 0 saturated heterocycles. The molecule has 0 spiro atoms. The Balaban J connectivity index is 2.72. The summed E-state index contributed by atoms with van der Waals surface area (Å²) in [5, 5.41) is 11.1. The van der Waals surface area contributed by atoms with E-state index in [-0.39, 0.29) is 6.01 Å². The highest BCUT2D eigenvalue weighted by molar-refractivity contribution is 5.94. The van der Waals surface area contributed by atoms with Gasteiger partial charge in [0, 0.05) is 0 Å². The molecule has 0 aromatic carbocycles. The van der Waals surface area contributed by atoms with E-state index < -0.39 is 11.3 Å². The van der Waals surface area contributed by atoms with Crippen LogP contribution < -0.4 is 5.32 Å². The zero-order valence-corrected chi connectivity index (χ0v) is 8.29. The first-order valence-electron chi connectivity index (χ1n) is 4.10. The number of hydrogen-bond donors (Lipinski definition) is 1. The van der Waals surface area contributed by atoms with E-state index in [4.69, 9.17) is 9.68 Å². The fourth-order valence-corrected chi connectivity index (χ4v) is 0.716. The molecule has 1 heterocycles. The zero-order chi connectivity index (χ0) is 10.8. The van der Waals surface area contributed by atoms with Crippen LogP contribution in [0, 0.1) is 23.7 Å². The van der Waals surface area contributed by atoms with Crippen molar-refractivity contribution < 1.29 is 9.21 Å². The highest BCUT2D eigenvalue weighted by Crippen LogP contribution is 2.16. The molecular weight excluding hydrogens is 182 g/mol. The van der Waals surface area contributed by atoms with Crippen molar-refractivity contribution in [3.8, 4) is 6.07 Å². The topological polar surface area (TPSA) is 78.9 Å². The lowest BCUT2D eigenvalue weighted by Crippen LogP contribution is -2.29. The van der Waals surface area contributed by atoms with Crippen LogP contribution in [-0.4, -0.2) is 10.9 Å². The highest BCUT2D eigenvalue weighted by atomic mass is 16.4. The first-order valence-corrected chi connectivity index (χ1v) is 4.10. The third-order valence-corrected chi connectivity index (χ3v) is 1.69. The van der Waals surface area contributed by atoms with Gasteiger partial charge < -0.3 is 4.42 Å². The van der Waals surface area contributed by atoms with Crippen LogP contribution in [0.25, 0.3) is 0 Å². The molecule has 0 saturated carbocycles. The summed E-state index contributed by atoms with van der Waals surface area (Å²) in [4.78, 5) is 15.3. The average Bonchev–Trinajstić information content (AvgIpc) is 2.51. The summed E-state index contributed by atoms with van der Waals surface area (Å²) in [5.74, 6) is -0.429. The minimum atomic E-state index is -1.08. The average molecular weight is 193 g/mol. The molecule has 0 atom stereocenters. The Labute approximate surface area is 81.7 Å². The largest absolute Gasteiger partial charge is 0.432 e. The molecule has 74 valence electrons. The second-order valence-corrected chi connectivity index (χ2v) is 3.48. The van der Waals surface area contributed by atoms with Crippen molar-refractivity contribution in [1.29, 1.82) is 5.26 Å². The monoisotopic (exact) mass is 193 g/mol. The third kappa shape index (κ3) is 2.10. The van der Waals surface area contributed by atoms with E-state index in [2.05, 4.69) is 10.3 Å². The number of rotatable bonds is 2. The van der Waals surface area contributed by atoms with Crippen LogP contribution in [0.4, 0.5) is 6.01 Å². The van der Waals surface area contributed by atoms with Gasteiger partial charge in [0.15, 0.2) is 0 Å². The Hall–Kier alpha value is -1.83. The molecule has 5 nitrogen and oxygen atoms in total. The summed E-state index contributed by atoms with van der Waals surface area (Å²) in [6.07, 6.45) is 1.43. The minimum Gasteiger partial charge on any atom is -0.432 e. The van der Waals surface area contributed by atoms with E-state index in [0.29, 0.717) is 5.69 Å². The molecule has 1 N–H and O–H groups in total. The number of carbonyl (C=O) groups excluding carboxylic acids is 1. The number of oxazole rings is 1. The van der Waals surface area contributed by atoms with Gasteiger partial charge in [0.1, 0.15) is 11.7 Å². The highest BCUT2D eigenvalue weighted by Gasteiger charge is 2.28.